The van der Waals surface area contributed by atoms with E-state index in [1.807, 2.05) is 24.3 Å². The van der Waals surface area contributed by atoms with Crippen molar-refractivity contribution in [1.29, 1.82) is 0 Å². The molecule has 0 amide bonds. The van der Waals surface area contributed by atoms with E-state index in [4.69, 9.17) is 4.52 Å². The zero-order valence-electron chi connectivity index (χ0n) is 20.0. The summed E-state index contributed by atoms with van der Waals surface area (Å²) in [5, 5.41) is 0. The summed E-state index contributed by atoms with van der Waals surface area (Å²) in [6.45, 7) is 1.93. The molecular weight excluding hydrogens is 517 g/mol. The summed E-state index contributed by atoms with van der Waals surface area (Å²) in [4.78, 5) is 36.1. The van der Waals surface area contributed by atoms with E-state index in [1.165, 1.54) is 6.07 Å². The van der Waals surface area contributed by atoms with E-state index < -0.39 is 35.2 Å². The Morgan fingerprint density at radius 2 is 1.49 bits per heavy atom. The Labute approximate surface area is 205 Å². The molecule has 11 nitrogen and oxygen atoms in total. The maximum Gasteiger partial charge on any atom is 0.332 e. The van der Waals surface area contributed by atoms with E-state index >= 15 is 0 Å². The predicted molar refractivity (Wildman–Crippen MR) is 128 cm³/mol. The second-order valence-electron chi connectivity index (χ2n) is 8.06. The van der Waals surface area contributed by atoms with Crippen molar-refractivity contribution in [3.05, 3.63) is 64.7 Å². The first-order valence-electron chi connectivity index (χ1n) is 10.7. The quantitative estimate of drug-likeness (QED) is 0.332. The molecular formula is C21H32N2O9P3-. The molecule has 3 unspecified atom stereocenters. The minimum absolute atomic E-state index is 0.00121. The summed E-state index contributed by atoms with van der Waals surface area (Å²) in [7, 11) is -10.1. The average molecular weight is 549 g/mol. The Kier molecular flexibility index (Phi) is 11.0. The Bertz CT molecular complexity index is 1100. The largest absolute Gasteiger partial charge is 0.778 e. The number of nitrogens with zero attached hydrogens (tertiary/aromatic N) is 1. The van der Waals surface area contributed by atoms with Gasteiger partial charge in [0.05, 0.1) is 19.1 Å². The molecule has 14 heteroatoms. The fraction of sp³-hybridized carbons (Fsp3) is 0.429. The van der Waals surface area contributed by atoms with Crippen LogP contribution < -0.4 is 15.5 Å². The Hall–Kier alpha value is -1.19. The van der Waals surface area contributed by atoms with E-state index in [-0.39, 0.29) is 25.9 Å². The smallest absolute Gasteiger partial charge is 0.332 e. The Morgan fingerprint density at radius 1 is 0.886 bits per heavy atom. The molecule has 0 saturated heterocycles. The van der Waals surface area contributed by atoms with Gasteiger partial charge in [0.25, 0.3) is 0 Å². The highest BCUT2D eigenvalue weighted by Gasteiger charge is 2.21. The van der Waals surface area contributed by atoms with Crippen LogP contribution in [0.15, 0.2) is 42.5 Å². The summed E-state index contributed by atoms with van der Waals surface area (Å²) in [6, 6.07) is 12.0. The highest BCUT2D eigenvalue weighted by Crippen LogP contribution is 2.46. The van der Waals surface area contributed by atoms with E-state index in [9.17, 15) is 28.4 Å². The van der Waals surface area contributed by atoms with Gasteiger partial charge in [-0.15, -0.1) is 0 Å². The lowest BCUT2D eigenvalue weighted by Gasteiger charge is -2.31. The van der Waals surface area contributed by atoms with E-state index in [0.717, 1.165) is 25.5 Å². The average Bonchev–Trinajstić information content (AvgIpc) is 2.72. The molecule has 0 aliphatic rings. The lowest BCUT2D eigenvalue weighted by atomic mass is 10.1. The van der Waals surface area contributed by atoms with Gasteiger partial charge in [-0.3, -0.25) is 9.46 Å². The Balaban J connectivity index is 2.44. The van der Waals surface area contributed by atoms with E-state index in [2.05, 4.69) is 14.8 Å². The van der Waals surface area contributed by atoms with Gasteiger partial charge in [-0.1, -0.05) is 30.3 Å². The lowest BCUT2D eigenvalue weighted by molar-refractivity contribution is -0.254. The third-order valence-corrected chi connectivity index (χ3v) is 8.98. The van der Waals surface area contributed by atoms with Crippen LogP contribution in [0.25, 0.3) is 0 Å². The summed E-state index contributed by atoms with van der Waals surface area (Å²) in [5.41, 5.74) is 6.75. The summed E-state index contributed by atoms with van der Waals surface area (Å²) in [6.07, 6.45) is -1.17. The van der Waals surface area contributed by atoms with Gasteiger partial charge in [0.2, 0.25) is 0 Å². The van der Waals surface area contributed by atoms with Crippen LogP contribution in [0.4, 0.5) is 5.69 Å². The van der Waals surface area contributed by atoms with Gasteiger partial charge >= 0.3 is 7.60 Å². The molecule has 3 atom stereocenters. The van der Waals surface area contributed by atoms with Crippen LogP contribution in [0.1, 0.15) is 29.2 Å². The molecule has 4 N–H and O–H groups in total. The van der Waals surface area contributed by atoms with Crippen LogP contribution in [-0.2, 0) is 52.7 Å². The molecule has 2 aromatic carbocycles. The summed E-state index contributed by atoms with van der Waals surface area (Å²) in [5.74, 6) is 0. The molecule has 0 bridgehead atoms. The third-order valence-electron chi connectivity index (χ3n) is 4.94. The first-order chi connectivity index (χ1) is 16.3. The zero-order chi connectivity index (χ0) is 26.3. The molecule has 196 valence electrons. The van der Waals surface area contributed by atoms with Crippen molar-refractivity contribution in [3.63, 3.8) is 0 Å². The molecule has 2 rings (SSSR count). The van der Waals surface area contributed by atoms with Crippen LogP contribution in [-0.4, -0.2) is 36.9 Å². The van der Waals surface area contributed by atoms with Gasteiger partial charge in [-0.05, 0) is 35.2 Å². The number of hydrogen-bond acceptors (Lipinski definition) is 9. The summed E-state index contributed by atoms with van der Waals surface area (Å²) < 4.78 is 50.8. The van der Waals surface area contributed by atoms with Gasteiger partial charge in [0.15, 0.2) is 0 Å². The molecule has 2 aromatic rings. The van der Waals surface area contributed by atoms with Crippen molar-refractivity contribution in [2.24, 2.45) is 0 Å². The van der Waals surface area contributed by atoms with Crippen molar-refractivity contribution >= 4 is 28.5 Å². The van der Waals surface area contributed by atoms with Crippen LogP contribution >= 0.6 is 22.8 Å². The molecule has 0 spiro atoms. The van der Waals surface area contributed by atoms with E-state index in [0.29, 0.717) is 16.7 Å². The van der Waals surface area contributed by atoms with Crippen molar-refractivity contribution < 1.29 is 47.7 Å². The van der Waals surface area contributed by atoms with Crippen molar-refractivity contribution in [3.8, 4) is 0 Å². The molecule has 0 fully saturated rings. The molecule has 0 saturated carbocycles. The SMILES string of the molecule is CCOP(=O)([O-])CN(Cc1cccc([NH3+])c1)Cc1cc(CP(=O)([O-])OC)cc(CP(=O)(O)OC)c1. The first kappa shape index (κ1) is 30.0. The van der Waals surface area contributed by atoms with Crippen molar-refractivity contribution in [2.75, 3.05) is 27.1 Å². The number of quaternary nitrogens is 1. The first-order valence-corrected chi connectivity index (χ1v) is 15.9. The molecule has 0 aliphatic heterocycles. The molecule has 35 heavy (non-hydrogen) atoms. The third kappa shape index (κ3) is 10.8. The molecule has 0 heterocycles. The number of benzene rings is 2. The maximum atomic E-state index is 12.4. The van der Waals surface area contributed by atoms with Crippen molar-refractivity contribution in [1.82, 2.24) is 4.90 Å². The number of rotatable bonds is 14. The topological polar surface area (TPSA) is 176 Å². The fourth-order valence-electron chi connectivity index (χ4n) is 3.58. The van der Waals surface area contributed by atoms with Gasteiger partial charge in [-0.2, -0.15) is 0 Å². The fourth-order valence-corrected chi connectivity index (χ4v) is 6.28. The normalized spacial score (nSPS) is 17.0. The maximum absolute atomic E-state index is 12.4. The predicted octanol–water partition coefficient (Wildman–Crippen LogP) is 2.14. The number of hydrogen-bond donors (Lipinski definition) is 2. The molecule has 0 radical (unpaired) electrons. The lowest BCUT2D eigenvalue weighted by Crippen LogP contribution is -2.40. The van der Waals surface area contributed by atoms with Crippen LogP contribution in [0.5, 0.6) is 0 Å². The second kappa shape index (κ2) is 12.9. The monoisotopic (exact) mass is 549 g/mol. The van der Waals surface area contributed by atoms with E-state index in [1.54, 1.807) is 24.0 Å². The minimum atomic E-state index is -4.19. The molecule has 0 aliphatic carbocycles. The zero-order valence-corrected chi connectivity index (χ0v) is 22.7. The van der Waals surface area contributed by atoms with Gasteiger partial charge in [-0.25, -0.2) is 0 Å². The minimum Gasteiger partial charge on any atom is -0.778 e. The van der Waals surface area contributed by atoms with Gasteiger partial charge in [0, 0.05) is 39.5 Å². The van der Waals surface area contributed by atoms with Crippen LogP contribution in [0, 0.1) is 0 Å². The van der Waals surface area contributed by atoms with Crippen LogP contribution in [0.2, 0.25) is 0 Å². The van der Waals surface area contributed by atoms with Crippen LogP contribution in [0.3, 0.4) is 0 Å². The summed E-state index contributed by atoms with van der Waals surface area (Å²) >= 11 is 0. The highest BCUT2D eigenvalue weighted by molar-refractivity contribution is 7.52. The van der Waals surface area contributed by atoms with Gasteiger partial charge in [0.1, 0.15) is 20.9 Å². The standard InChI is InChI=1S/C21H33N2O9P3/c1-4-32-35(28,29)16-23(12-17-6-5-7-21(22)11-17)13-18-8-19(14-33(24,25)30-2)10-20(9-18)15-34(26,27)31-3/h5-11H,4,12-16,22H2,1-3H3,(H,24,25)(H,26,27)(H,28,29)/p-1. The Morgan fingerprint density at radius 3 is 2.06 bits per heavy atom. The van der Waals surface area contributed by atoms with Gasteiger partial charge < -0.3 is 43.1 Å². The molecule has 0 aromatic heterocycles. The highest BCUT2D eigenvalue weighted by atomic mass is 31.2. The second-order valence-corrected chi connectivity index (χ2v) is 13.7. The van der Waals surface area contributed by atoms with Crippen molar-refractivity contribution in [2.45, 2.75) is 32.3 Å².